The zero-order chi connectivity index (χ0) is 29.1. The molecule has 0 aromatic heterocycles. The van der Waals surface area contributed by atoms with Crippen molar-refractivity contribution in [3.8, 4) is 11.1 Å². The average molecular weight is 557 g/mol. The number of hydrogen-bond acceptors (Lipinski definition) is 6. The number of ether oxygens (including phenoxy) is 3. The van der Waals surface area contributed by atoms with E-state index in [4.69, 9.17) is 14.2 Å². The lowest BCUT2D eigenvalue weighted by Crippen LogP contribution is -2.59. The van der Waals surface area contributed by atoms with Crippen LogP contribution in [-0.2, 0) is 30.4 Å². The second-order valence-electron chi connectivity index (χ2n) is 11.3. The molecule has 2 atom stereocenters. The highest BCUT2D eigenvalue weighted by Crippen LogP contribution is 2.44. The Morgan fingerprint density at radius 2 is 1.49 bits per heavy atom. The fourth-order valence-electron chi connectivity index (χ4n) is 5.65. The predicted molar refractivity (Wildman–Crippen MR) is 154 cm³/mol. The van der Waals surface area contributed by atoms with Gasteiger partial charge in [-0.15, -0.1) is 0 Å². The lowest BCUT2D eigenvalue weighted by molar-refractivity contribution is -0.161. The van der Waals surface area contributed by atoms with E-state index in [9.17, 15) is 14.4 Å². The maximum absolute atomic E-state index is 13.9. The molecule has 41 heavy (non-hydrogen) atoms. The van der Waals surface area contributed by atoms with E-state index in [1.807, 2.05) is 80.6 Å². The average Bonchev–Trinajstić information content (AvgIpc) is 3.47. The Kier molecular flexibility index (Phi) is 8.13. The number of nitrogens with zero attached hydrogens (tertiary/aromatic N) is 1. The van der Waals surface area contributed by atoms with Gasteiger partial charge in [0.2, 0.25) is 5.91 Å². The number of esters is 1. The number of carbonyl (C=O) groups is 3. The number of carbonyl (C=O) groups excluding carboxylic acids is 3. The first kappa shape index (κ1) is 28.4. The summed E-state index contributed by atoms with van der Waals surface area (Å²) in [7, 11) is 0. The van der Waals surface area contributed by atoms with Gasteiger partial charge in [0.05, 0.1) is 6.61 Å². The molecule has 1 saturated heterocycles. The van der Waals surface area contributed by atoms with Crippen LogP contribution in [0, 0.1) is 5.92 Å². The van der Waals surface area contributed by atoms with Crippen LogP contribution in [0.25, 0.3) is 11.1 Å². The Bertz CT molecular complexity index is 1370. The van der Waals surface area contributed by atoms with Crippen molar-refractivity contribution >= 4 is 18.0 Å². The smallest absolute Gasteiger partial charge is 0.407 e. The summed E-state index contributed by atoms with van der Waals surface area (Å²) < 4.78 is 17.1. The van der Waals surface area contributed by atoms with Gasteiger partial charge in [0.1, 0.15) is 25.0 Å². The van der Waals surface area contributed by atoms with Gasteiger partial charge >= 0.3 is 12.1 Å². The first-order valence-electron chi connectivity index (χ1n) is 14.0. The number of nitrogens with one attached hydrogen (secondary N) is 1. The minimum atomic E-state index is -1.07. The molecule has 0 radical (unpaired) electrons. The molecule has 1 aliphatic heterocycles. The summed E-state index contributed by atoms with van der Waals surface area (Å²) in [6.45, 7) is 7.33. The molecular formula is C33H36N2O6. The van der Waals surface area contributed by atoms with Gasteiger partial charge in [-0.05, 0) is 47.6 Å². The molecule has 0 saturated carbocycles. The molecule has 1 aliphatic carbocycles. The van der Waals surface area contributed by atoms with E-state index in [-0.39, 0.29) is 31.7 Å². The van der Waals surface area contributed by atoms with Crippen molar-refractivity contribution in [2.45, 2.75) is 58.0 Å². The van der Waals surface area contributed by atoms with Crippen molar-refractivity contribution in [1.82, 2.24) is 10.2 Å². The quantitative estimate of drug-likeness (QED) is 0.381. The van der Waals surface area contributed by atoms with Crippen LogP contribution >= 0.6 is 0 Å². The van der Waals surface area contributed by atoms with E-state index < -0.39 is 35.8 Å². The molecular weight excluding hydrogens is 520 g/mol. The molecule has 0 bridgehead atoms. The van der Waals surface area contributed by atoms with Crippen LogP contribution in [0.5, 0.6) is 0 Å². The van der Waals surface area contributed by atoms with Gasteiger partial charge in [0.25, 0.3) is 0 Å². The fourth-order valence-corrected chi connectivity index (χ4v) is 5.65. The Morgan fingerprint density at radius 1 is 0.902 bits per heavy atom. The molecule has 2 aliphatic rings. The summed E-state index contributed by atoms with van der Waals surface area (Å²) in [5.74, 6) is -1.37. The Balaban J connectivity index is 1.26. The van der Waals surface area contributed by atoms with Crippen LogP contribution in [0.2, 0.25) is 0 Å². The Hall–Kier alpha value is -4.17. The van der Waals surface area contributed by atoms with Gasteiger partial charge in [-0.3, -0.25) is 9.69 Å². The van der Waals surface area contributed by atoms with Crippen molar-refractivity contribution < 1.29 is 28.6 Å². The third-order valence-electron chi connectivity index (χ3n) is 7.77. The summed E-state index contributed by atoms with van der Waals surface area (Å²) in [6.07, 6.45) is -0.694. The molecule has 2 amide bonds. The van der Waals surface area contributed by atoms with Gasteiger partial charge in [0.15, 0.2) is 6.04 Å². The highest BCUT2D eigenvalue weighted by atomic mass is 16.6. The summed E-state index contributed by atoms with van der Waals surface area (Å²) in [4.78, 5) is 41.4. The van der Waals surface area contributed by atoms with E-state index >= 15 is 0 Å². The van der Waals surface area contributed by atoms with E-state index in [1.54, 1.807) is 13.8 Å². The zero-order valence-electron chi connectivity index (χ0n) is 23.8. The molecule has 0 spiro atoms. The van der Waals surface area contributed by atoms with E-state index in [1.165, 1.54) is 4.90 Å². The summed E-state index contributed by atoms with van der Waals surface area (Å²) in [5.41, 5.74) is 4.25. The summed E-state index contributed by atoms with van der Waals surface area (Å²) >= 11 is 0. The van der Waals surface area contributed by atoms with E-state index in [0.717, 1.165) is 27.8 Å². The maximum atomic E-state index is 13.9. The SMILES string of the molecule is CC(C)[C@H](NC(=O)OCC1c2ccccc2-c2ccccc21)C(=O)N1[C@H](C(=O)OCc2ccccc2)COC1(C)C. The standard InChI is InChI=1S/C33H36N2O6/c1-21(2)29(30(36)35-28(20-41-33(35,3)4)31(37)39-18-22-12-6-5-7-13-22)34-32(38)40-19-27-25-16-10-8-14-23(25)24-15-9-11-17-26(24)27/h5-17,21,27-29H,18-20H2,1-4H3,(H,34,38)/t28-,29-/m0/s1. The fraction of sp³-hybridized carbons (Fsp3) is 0.364. The molecule has 3 aromatic carbocycles. The topological polar surface area (TPSA) is 94.2 Å². The normalized spacial score (nSPS) is 18.0. The highest BCUT2D eigenvalue weighted by molar-refractivity contribution is 5.91. The lowest BCUT2D eigenvalue weighted by Gasteiger charge is -2.36. The molecule has 1 N–H and O–H groups in total. The first-order chi connectivity index (χ1) is 19.7. The van der Waals surface area contributed by atoms with Crippen molar-refractivity contribution in [3.63, 3.8) is 0 Å². The van der Waals surface area contributed by atoms with Crippen LogP contribution in [0.4, 0.5) is 4.79 Å². The van der Waals surface area contributed by atoms with Gasteiger partial charge < -0.3 is 19.5 Å². The van der Waals surface area contributed by atoms with Gasteiger partial charge in [-0.1, -0.05) is 92.7 Å². The predicted octanol–water partition coefficient (Wildman–Crippen LogP) is 5.26. The minimum absolute atomic E-state index is 0.00211. The number of amides is 2. The number of alkyl carbamates (subject to hydrolysis) is 1. The molecule has 1 heterocycles. The molecule has 3 aromatic rings. The van der Waals surface area contributed by atoms with Crippen LogP contribution in [0.1, 0.15) is 50.3 Å². The molecule has 1 fully saturated rings. The summed E-state index contributed by atoms with van der Waals surface area (Å²) in [6, 6.07) is 23.7. The molecule has 8 heteroatoms. The Labute approximate surface area is 240 Å². The minimum Gasteiger partial charge on any atom is -0.459 e. The monoisotopic (exact) mass is 556 g/mol. The first-order valence-corrected chi connectivity index (χ1v) is 14.0. The maximum Gasteiger partial charge on any atom is 0.407 e. The second-order valence-corrected chi connectivity index (χ2v) is 11.3. The third-order valence-corrected chi connectivity index (χ3v) is 7.77. The molecule has 5 rings (SSSR count). The van der Waals surface area contributed by atoms with Crippen molar-refractivity contribution in [3.05, 3.63) is 95.6 Å². The van der Waals surface area contributed by atoms with E-state index in [2.05, 4.69) is 17.4 Å². The number of benzene rings is 3. The highest BCUT2D eigenvalue weighted by Gasteiger charge is 2.50. The summed E-state index contributed by atoms with van der Waals surface area (Å²) in [5, 5.41) is 2.76. The third kappa shape index (κ3) is 5.84. The van der Waals surface area contributed by atoms with Gasteiger partial charge in [-0.2, -0.15) is 0 Å². The van der Waals surface area contributed by atoms with Gasteiger partial charge in [-0.25, -0.2) is 9.59 Å². The van der Waals surface area contributed by atoms with Crippen molar-refractivity contribution in [1.29, 1.82) is 0 Å². The number of fused-ring (bicyclic) bond motifs is 3. The van der Waals surface area contributed by atoms with Gasteiger partial charge in [0, 0.05) is 5.92 Å². The Morgan fingerprint density at radius 3 is 2.10 bits per heavy atom. The largest absolute Gasteiger partial charge is 0.459 e. The molecule has 8 nitrogen and oxygen atoms in total. The van der Waals surface area contributed by atoms with Crippen LogP contribution in [0.3, 0.4) is 0 Å². The lowest BCUT2D eigenvalue weighted by atomic mass is 9.98. The molecule has 214 valence electrons. The number of rotatable bonds is 8. The number of hydrogen-bond donors (Lipinski definition) is 1. The van der Waals surface area contributed by atoms with Crippen LogP contribution in [0.15, 0.2) is 78.9 Å². The van der Waals surface area contributed by atoms with Crippen molar-refractivity contribution in [2.24, 2.45) is 5.92 Å². The second kappa shape index (κ2) is 11.7. The zero-order valence-corrected chi connectivity index (χ0v) is 23.8. The van der Waals surface area contributed by atoms with Crippen LogP contribution in [-0.4, -0.2) is 53.9 Å². The van der Waals surface area contributed by atoms with E-state index in [0.29, 0.717) is 0 Å². The molecule has 0 unspecified atom stereocenters. The van der Waals surface area contributed by atoms with Crippen LogP contribution < -0.4 is 5.32 Å². The van der Waals surface area contributed by atoms with Crippen molar-refractivity contribution in [2.75, 3.05) is 13.2 Å².